The third-order valence-corrected chi connectivity index (χ3v) is 25.8. The first-order chi connectivity index (χ1) is 59.4. The largest absolute Gasteiger partial charge is 0.311 e. The fourth-order valence-electron chi connectivity index (χ4n) is 20.0. The maximum absolute atomic E-state index is 2.82. The van der Waals surface area contributed by atoms with E-state index in [-0.39, 0.29) is 0 Å². The first-order valence-electron chi connectivity index (χ1n) is 42.3. The molecule has 21 rings (SSSR count). The highest BCUT2D eigenvalue weighted by Gasteiger charge is 2.61. The number of rotatable bonds is 18. The summed E-state index contributed by atoms with van der Waals surface area (Å²) in [5.41, 5.74) is 38.1. The van der Waals surface area contributed by atoms with E-state index in [0.29, 0.717) is 0 Å². The molecule has 4 nitrogen and oxygen atoms in total. The van der Waals surface area contributed by atoms with Crippen LogP contribution in [0.2, 0.25) is 0 Å². The Morgan fingerprint density at radius 3 is 0.463 bits per heavy atom. The summed E-state index contributed by atoms with van der Waals surface area (Å²) >= 11 is 0. The Labute approximate surface area is 711 Å². The second-order valence-electron chi connectivity index (χ2n) is 33.2. The van der Waals surface area contributed by atoms with Crippen molar-refractivity contribution in [3.8, 4) is 33.4 Å². The molecule has 3 heterocycles. The predicted octanol–water partition coefficient (Wildman–Crippen LogP) is 30.5. The fourth-order valence-corrected chi connectivity index (χ4v) is 20.0. The molecule has 121 heavy (non-hydrogen) atoms. The molecule has 0 spiro atoms. The van der Waals surface area contributed by atoms with Crippen molar-refractivity contribution in [2.75, 3.05) is 19.6 Å². The van der Waals surface area contributed by atoms with Crippen molar-refractivity contribution in [3.05, 3.63) is 537 Å². The molecule has 0 saturated heterocycles. The molecular formula is C117H90N4. The molecule has 0 bridgehead atoms. The van der Waals surface area contributed by atoms with Gasteiger partial charge in [-0.15, -0.1) is 0 Å². The quantitative estimate of drug-likeness (QED) is 0.0849. The van der Waals surface area contributed by atoms with Crippen LogP contribution in [0.5, 0.6) is 0 Å². The van der Waals surface area contributed by atoms with Crippen LogP contribution in [0.3, 0.4) is 0 Å². The topological polar surface area (TPSA) is 13.0 Å². The normalized spacial score (nSPS) is 13.4. The van der Waals surface area contributed by atoms with Gasteiger partial charge in [-0.2, -0.15) is 0 Å². The zero-order chi connectivity index (χ0) is 81.5. The number of para-hydroxylation sites is 6. The van der Waals surface area contributed by atoms with Crippen LogP contribution in [-0.4, -0.2) is 0 Å². The first-order valence-corrected chi connectivity index (χ1v) is 42.3. The number of anilines is 12. The van der Waals surface area contributed by atoms with E-state index in [1.54, 1.807) is 0 Å². The summed E-state index contributed by atoms with van der Waals surface area (Å²) in [6, 6.07) is 166. The van der Waals surface area contributed by atoms with Gasteiger partial charge in [0, 0.05) is 51.2 Å². The molecule has 3 aliphatic rings. The molecule has 0 unspecified atom stereocenters. The molecule has 18 aromatic carbocycles. The zero-order valence-electron chi connectivity index (χ0n) is 68.9. The molecular weight excluding hydrogens is 1460 g/mol. The Balaban J connectivity index is 0.950. The van der Waals surface area contributed by atoms with Crippen LogP contribution in [0, 0.1) is 41.5 Å². The van der Waals surface area contributed by atoms with Gasteiger partial charge in [-0.05, 0) is 287 Å². The van der Waals surface area contributed by atoms with Gasteiger partial charge < -0.3 is 19.6 Å². The van der Waals surface area contributed by atoms with Gasteiger partial charge in [0.25, 0.3) is 0 Å². The van der Waals surface area contributed by atoms with Crippen molar-refractivity contribution >= 4 is 68.2 Å². The van der Waals surface area contributed by atoms with Gasteiger partial charge in [-0.25, -0.2) is 0 Å². The Kier molecular flexibility index (Phi) is 18.3. The van der Waals surface area contributed by atoms with Gasteiger partial charge in [-0.1, -0.05) is 325 Å². The summed E-state index contributed by atoms with van der Waals surface area (Å²) < 4.78 is 0. The number of nitrogens with zero attached hydrogens (tertiary/aromatic N) is 4. The van der Waals surface area contributed by atoms with Crippen molar-refractivity contribution in [1.29, 1.82) is 0 Å². The Bertz CT molecular complexity index is 5830. The number of hydrogen-bond donors (Lipinski definition) is 0. The van der Waals surface area contributed by atoms with E-state index < -0.39 is 16.2 Å². The highest BCUT2D eigenvalue weighted by Crippen LogP contribution is 2.73. The van der Waals surface area contributed by atoms with Gasteiger partial charge in [0.1, 0.15) is 0 Å². The average molecular weight is 1550 g/mol. The van der Waals surface area contributed by atoms with Crippen LogP contribution in [0.4, 0.5) is 68.2 Å². The summed E-state index contributed by atoms with van der Waals surface area (Å²) in [4.78, 5) is 9.93. The van der Waals surface area contributed by atoms with Crippen molar-refractivity contribution in [2.24, 2.45) is 0 Å². The van der Waals surface area contributed by atoms with Crippen molar-refractivity contribution in [2.45, 2.75) is 57.8 Å². The number of benzene rings is 18. The fraction of sp³-hybridized carbons (Fsp3) is 0.0769. The smallest absolute Gasteiger partial charge is 0.0743 e. The van der Waals surface area contributed by atoms with E-state index in [4.69, 9.17) is 0 Å². The van der Waals surface area contributed by atoms with Crippen LogP contribution in [-0.2, 0) is 16.2 Å². The minimum atomic E-state index is -1.03. The molecule has 578 valence electrons. The van der Waals surface area contributed by atoms with Gasteiger partial charge in [0.2, 0.25) is 0 Å². The lowest BCUT2D eigenvalue weighted by molar-refractivity contribution is 0.654. The summed E-state index contributed by atoms with van der Waals surface area (Å²) in [5.74, 6) is 0. The van der Waals surface area contributed by atoms with E-state index in [2.05, 4.69) is 498 Å². The second kappa shape index (κ2) is 30.0. The summed E-state index contributed by atoms with van der Waals surface area (Å²) in [6.45, 7) is 13.4. The lowest BCUT2D eigenvalue weighted by Gasteiger charge is -2.58. The number of aryl methyl sites for hydroxylation is 6. The Morgan fingerprint density at radius 2 is 0.306 bits per heavy atom. The molecule has 0 aromatic heterocycles. The molecule has 0 radical (unpaired) electrons. The molecule has 0 saturated carbocycles. The molecule has 0 amide bonds. The monoisotopic (exact) mass is 1550 g/mol. The van der Waals surface area contributed by atoms with Gasteiger partial charge >= 0.3 is 0 Å². The van der Waals surface area contributed by atoms with Crippen LogP contribution in [0.25, 0.3) is 33.4 Å². The third kappa shape index (κ3) is 12.2. The molecule has 4 heteroatoms. The summed E-state index contributed by atoms with van der Waals surface area (Å²) in [6.07, 6.45) is 0. The molecule has 0 atom stereocenters. The molecule has 0 fully saturated rings. The van der Waals surface area contributed by atoms with Crippen LogP contribution < -0.4 is 19.6 Å². The maximum Gasteiger partial charge on any atom is 0.0743 e. The molecule has 0 N–H and O–H groups in total. The van der Waals surface area contributed by atoms with Gasteiger partial charge in [-0.3, -0.25) is 0 Å². The Hall–Kier alpha value is -14.8. The highest BCUT2D eigenvalue weighted by atomic mass is 15.2. The summed E-state index contributed by atoms with van der Waals surface area (Å²) in [5, 5.41) is 0. The molecule has 0 aliphatic carbocycles. The first kappa shape index (κ1) is 73.8. The van der Waals surface area contributed by atoms with Gasteiger partial charge in [0.05, 0.1) is 33.3 Å². The highest BCUT2D eigenvalue weighted by molar-refractivity contribution is 6.06. The minimum absolute atomic E-state index is 1.03. The molecule has 3 aliphatic heterocycles. The Morgan fingerprint density at radius 1 is 0.157 bits per heavy atom. The minimum Gasteiger partial charge on any atom is -0.311 e. The van der Waals surface area contributed by atoms with Crippen molar-refractivity contribution < 1.29 is 0 Å². The van der Waals surface area contributed by atoms with Crippen molar-refractivity contribution in [3.63, 3.8) is 0 Å². The third-order valence-electron chi connectivity index (χ3n) is 25.8. The van der Waals surface area contributed by atoms with E-state index in [1.165, 1.54) is 117 Å². The average Bonchev–Trinajstić information content (AvgIpc) is 0.640. The summed E-state index contributed by atoms with van der Waals surface area (Å²) in [7, 11) is 0. The van der Waals surface area contributed by atoms with E-state index in [9.17, 15) is 0 Å². The zero-order valence-corrected chi connectivity index (χ0v) is 68.9. The van der Waals surface area contributed by atoms with Crippen molar-refractivity contribution in [1.82, 2.24) is 0 Å². The number of hydrogen-bond acceptors (Lipinski definition) is 4. The molecule has 18 aromatic rings. The lowest BCUT2D eigenvalue weighted by Crippen LogP contribution is -2.49. The van der Waals surface area contributed by atoms with E-state index in [0.717, 1.165) is 84.6 Å². The predicted molar refractivity (Wildman–Crippen MR) is 506 cm³/mol. The van der Waals surface area contributed by atoms with E-state index >= 15 is 0 Å². The standard InChI is InChI=1S/C117H90N4/c1-79-37-55-91(56-38-79)115(92-57-39-80(2)40-58-92)106-73-88(85-49-67-103(68-50-85)118(97-25-13-7-14-26-97)98-27-15-8-16-28-98)75-108-112(106)121-113-107(115)74-89(86-51-69-104(70-52-86)119(99-29-17-9-18-30-99)100-31-19-10-20-32-100)76-109(113)117(95-63-45-83(5)46-64-95,96-65-47-84(6)48-66-96)111-78-90(87-53-71-105(72-54-87)120(101-33-21-11-22-34-101)102-35-23-12-24-36-102)77-110(114(111)121)116(108,93-59-41-81(3)42-60-93)94-61-43-82(4)44-62-94/h7-78H,1-6H3. The van der Waals surface area contributed by atoms with Crippen LogP contribution in [0.15, 0.2) is 437 Å². The van der Waals surface area contributed by atoms with Crippen LogP contribution in [0.1, 0.15) is 100 Å². The van der Waals surface area contributed by atoms with E-state index in [1.807, 2.05) is 0 Å². The van der Waals surface area contributed by atoms with Gasteiger partial charge in [0.15, 0.2) is 0 Å². The SMILES string of the molecule is Cc1ccc(C2(c3ccc(C)cc3)c3cc(-c4ccc(N(c5ccccc5)c5ccccc5)cc4)cc4c3N3c5c2cc(-c2ccc(N(c6ccccc6)c6ccccc6)cc2)cc5C(c2ccc(C)cc2)(c2ccc(C)cc2)c2cc(-c5ccc(N(c6ccccc6)c6ccccc6)cc5)cc(c23)C4(c2ccc(C)cc2)c2ccc(C)cc2)cc1. The van der Waals surface area contributed by atoms with Crippen LogP contribution >= 0.6 is 0 Å². The lowest BCUT2D eigenvalue weighted by atomic mass is 9.52. The maximum atomic E-state index is 2.82. The second-order valence-corrected chi connectivity index (χ2v) is 33.2.